The van der Waals surface area contributed by atoms with Gasteiger partial charge in [-0.15, -0.1) is 0 Å². The van der Waals surface area contributed by atoms with E-state index in [1.54, 1.807) is 12.3 Å². The van der Waals surface area contributed by atoms with Crippen LogP contribution in [0.5, 0.6) is 0 Å². The first-order valence-electron chi connectivity index (χ1n) is 10.8. The van der Waals surface area contributed by atoms with Crippen LogP contribution in [0.15, 0.2) is 36.5 Å². The van der Waals surface area contributed by atoms with Gasteiger partial charge in [0.1, 0.15) is 5.69 Å². The van der Waals surface area contributed by atoms with Crippen molar-refractivity contribution in [1.29, 1.82) is 0 Å². The van der Waals surface area contributed by atoms with E-state index >= 15 is 0 Å². The molecule has 4 rings (SSSR count). The van der Waals surface area contributed by atoms with Crippen LogP contribution in [0.1, 0.15) is 45.7 Å². The van der Waals surface area contributed by atoms with Gasteiger partial charge in [0.05, 0.1) is 6.54 Å². The Balaban J connectivity index is 1.28. The summed E-state index contributed by atoms with van der Waals surface area (Å²) in [5.74, 6) is 0.0667. The first kappa shape index (κ1) is 21.1. The molecule has 7 heteroatoms. The Hall–Kier alpha value is -2.15. The highest BCUT2D eigenvalue weighted by Gasteiger charge is 2.23. The fourth-order valence-electron chi connectivity index (χ4n) is 4.25. The number of likely N-dealkylation sites (tertiary alicyclic amines) is 1. The van der Waals surface area contributed by atoms with Crippen LogP contribution >= 0.6 is 11.6 Å². The van der Waals surface area contributed by atoms with Gasteiger partial charge in [-0.25, -0.2) is 0 Å². The van der Waals surface area contributed by atoms with Gasteiger partial charge in [-0.1, -0.05) is 23.7 Å². The first-order chi connectivity index (χ1) is 14.6. The molecule has 1 aromatic carbocycles. The third kappa shape index (κ3) is 5.31. The summed E-state index contributed by atoms with van der Waals surface area (Å²) in [5.41, 5.74) is 2.37. The Kier molecular flexibility index (Phi) is 6.87. The highest BCUT2D eigenvalue weighted by atomic mass is 35.5. The van der Waals surface area contributed by atoms with Crippen LogP contribution in [-0.2, 0) is 6.54 Å². The lowest BCUT2D eigenvalue weighted by Gasteiger charge is -2.21. The van der Waals surface area contributed by atoms with E-state index in [1.807, 2.05) is 17.0 Å². The van der Waals surface area contributed by atoms with E-state index in [1.165, 1.54) is 5.56 Å². The van der Waals surface area contributed by atoms with Gasteiger partial charge in [-0.2, -0.15) is 0 Å². The standard InChI is InChI=1S/C23H29ClN4O2/c24-20-6-4-18(5-7-20)16-26-8-3-9-27(13-12-26)17-22(29)19-14-21(25-15-19)23(30)28-10-1-2-11-28/h4-7,14-15,25H,1-3,8-13,16-17H2. The molecule has 0 bridgehead atoms. The maximum absolute atomic E-state index is 12.8. The molecule has 0 atom stereocenters. The number of amides is 1. The smallest absolute Gasteiger partial charge is 0.270 e. The molecule has 2 aliphatic rings. The Morgan fingerprint density at radius 3 is 2.37 bits per heavy atom. The number of carbonyl (C=O) groups is 2. The Bertz CT molecular complexity index is 874. The number of rotatable bonds is 6. The van der Waals surface area contributed by atoms with Crippen molar-refractivity contribution in [3.05, 3.63) is 58.4 Å². The largest absolute Gasteiger partial charge is 0.356 e. The lowest BCUT2D eigenvalue weighted by molar-refractivity contribution is 0.0787. The number of Topliss-reactive ketones (excluding diaryl/α,β-unsaturated/α-hetero) is 1. The molecule has 0 spiro atoms. The van der Waals surface area contributed by atoms with Gasteiger partial charge in [-0.05, 0) is 56.1 Å². The lowest BCUT2D eigenvalue weighted by Crippen LogP contribution is -2.34. The molecule has 0 unspecified atom stereocenters. The van der Waals surface area contributed by atoms with Gasteiger partial charge in [0.2, 0.25) is 0 Å². The number of nitrogens with zero attached hydrogens (tertiary/aromatic N) is 3. The van der Waals surface area contributed by atoms with E-state index in [-0.39, 0.29) is 11.7 Å². The highest BCUT2D eigenvalue weighted by molar-refractivity contribution is 6.30. The maximum atomic E-state index is 12.8. The van der Waals surface area contributed by atoms with Gasteiger partial charge in [-0.3, -0.25) is 19.4 Å². The zero-order valence-corrected chi connectivity index (χ0v) is 18.0. The topological polar surface area (TPSA) is 59.7 Å². The summed E-state index contributed by atoms with van der Waals surface area (Å²) in [6, 6.07) is 9.72. The summed E-state index contributed by atoms with van der Waals surface area (Å²) in [5, 5.41) is 0.759. The van der Waals surface area contributed by atoms with Crippen LogP contribution in [0.4, 0.5) is 0 Å². The Morgan fingerprint density at radius 2 is 1.60 bits per heavy atom. The van der Waals surface area contributed by atoms with E-state index in [0.29, 0.717) is 17.8 Å². The van der Waals surface area contributed by atoms with Crippen molar-refractivity contribution in [3.63, 3.8) is 0 Å². The number of carbonyl (C=O) groups excluding carboxylic acids is 2. The van der Waals surface area contributed by atoms with Gasteiger partial charge in [0, 0.05) is 49.5 Å². The molecule has 2 fully saturated rings. The molecule has 0 saturated carbocycles. The van der Waals surface area contributed by atoms with Crippen molar-refractivity contribution < 1.29 is 9.59 Å². The molecule has 30 heavy (non-hydrogen) atoms. The summed E-state index contributed by atoms with van der Waals surface area (Å²) >= 11 is 5.97. The number of halogens is 1. The molecule has 160 valence electrons. The van der Waals surface area contributed by atoms with Gasteiger partial charge < -0.3 is 9.88 Å². The number of H-pyrrole nitrogens is 1. The molecule has 0 radical (unpaired) electrons. The molecule has 1 N–H and O–H groups in total. The normalized spacial score (nSPS) is 18.5. The second-order valence-corrected chi connectivity index (χ2v) is 8.69. The molecule has 2 saturated heterocycles. The maximum Gasteiger partial charge on any atom is 0.270 e. The third-order valence-electron chi connectivity index (χ3n) is 6.00. The van der Waals surface area contributed by atoms with E-state index in [2.05, 4.69) is 26.9 Å². The van der Waals surface area contributed by atoms with E-state index < -0.39 is 0 Å². The van der Waals surface area contributed by atoms with Crippen molar-refractivity contribution in [2.24, 2.45) is 0 Å². The molecular formula is C23H29ClN4O2. The zero-order valence-electron chi connectivity index (χ0n) is 17.3. The van der Waals surface area contributed by atoms with Crippen LogP contribution in [0, 0.1) is 0 Å². The molecule has 1 aromatic heterocycles. The molecule has 3 heterocycles. The second-order valence-electron chi connectivity index (χ2n) is 8.26. The minimum atomic E-state index is -0.000774. The molecule has 6 nitrogen and oxygen atoms in total. The zero-order chi connectivity index (χ0) is 20.9. The average Bonchev–Trinajstić information content (AvgIpc) is 3.41. The second kappa shape index (κ2) is 9.77. The summed E-state index contributed by atoms with van der Waals surface area (Å²) in [6.45, 7) is 6.63. The summed E-state index contributed by atoms with van der Waals surface area (Å²) < 4.78 is 0. The van der Waals surface area contributed by atoms with E-state index in [9.17, 15) is 9.59 Å². The number of nitrogens with one attached hydrogen (secondary N) is 1. The van der Waals surface area contributed by atoms with E-state index in [4.69, 9.17) is 11.6 Å². The number of aromatic amines is 1. The van der Waals surface area contributed by atoms with Crippen LogP contribution in [0.2, 0.25) is 5.02 Å². The molecule has 0 aliphatic carbocycles. The van der Waals surface area contributed by atoms with Crippen molar-refractivity contribution in [1.82, 2.24) is 19.7 Å². The van der Waals surface area contributed by atoms with Crippen LogP contribution < -0.4 is 0 Å². The van der Waals surface area contributed by atoms with Crippen LogP contribution in [0.3, 0.4) is 0 Å². The fourth-order valence-corrected chi connectivity index (χ4v) is 4.38. The summed E-state index contributed by atoms with van der Waals surface area (Å²) in [7, 11) is 0. The molecule has 2 aliphatic heterocycles. The van der Waals surface area contributed by atoms with E-state index in [0.717, 1.165) is 70.1 Å². The van der Waals surface area contributed by atoms with Crippen molar-refractivity contribution in [3.8, 4) is 0 Å². The quantitative estimate of drug-likeness (QED) is 0.717. The predicted molar refractivity (Wildman–Crippen MR) is 118 cm³/mol. The van der Waals surface area contributed by atoms with Gasteiger partial charge in [0.25, 0.3) is 5.91 Å². The van der Waals surface area contributed by atoms with Gasteiger partial charge >= 0.3 is 0 Å². The van der Waals surface area contributed by atoms with Crippen molar-refractivity contribution in [2.75, 3.05) is 45.8 Å². The summed E-state index contributed by atoms with van der Waals surface area (Å²) in [4.78, 5) is 34.8. The third-order valence-corrected chi connectivity index (χ3v) is 6.25. The monoisotopic (exact) mass is 428 g/mol. The Labute approximate surface area is 182 Å². The van der Waals surface area contributed by atoms with Crippen LogP contribution in [-0.4, -0.2) is 77.2 Å². The van der Waals surface area contributed by atoms with Crippen molar-refractivity contribution >= 4 is 23.3 Å². The number of hydrogen-bond donors (Lipinski definition) is 1. The molecular weight excluding hydrogens is 400 g/mol. The number of aromatic nitrogens is 1. The SMILES string of the molecule is O=C(CN1CCCN(Cc2ccc(Cl)cc2)CC1)c1c[nH]c(C(=O)N2CCCC2)c1. The number of ketones is 1. The highest BCUT2D eigenvalue weighted by Crippen LogP contribution is 2.15. The average molecular weight is 429 g/mol. The molecule has 1 amide bonds. The number of hydrogen-bond acceptors (Lipinski definition) is 4. The van der Waals surface area contributed by atoms with Gasteiger partial charge in [0.15, 0.2) is 5.78 Å². The summed E-state index contributed by atoms with van der Waals surface area (Å²) in [6.07, 6.45) is 4.83. The fraction of sp³-hybridized carbons (Fsp3) is 0.478. The molecule has 2 aromatic rings. The minimum absolute atomic E-state index is 0.000774. The lowest BCUT2D eigenvalue weighted by atomic mass is 10.2. The minimum Gasteiger partial charge on any atom is -0.356 e. The number of benzene rings is 1. The Morgan fingerprint density at radius 1 is 0.900 bits per heavy atom. The first-order valence-corrected chi connectivity index (χ1v) is 11.2. The van der Waals surface area contributed by atoms with Crippen LogP contribution in [0.25, 0.3) is 0 Å². The van der Waals surface area contributed by atoms with Crippen molar-refractivity contribution in [2.45, 2.75) is 25.8 Å². The predicted octanol–water partition coefficient (Wildman–Crippen LogP) is 3.29.